The summed E-state index contributed by atoms with van der Waals surface area (Å²) in [6.45, 7) is 9.63. The minimum absolute atomic E-state index is 0.368. The van der Waals surface area contributed by atoms with Crippen molar-refractivity contribution in [2.45, 2.75) is 27.7 Å². The van der Waals surface area contributed by atoms with Gasteiger partial charge in [0.1, 0.15) is 24.0 Å². The summed E-state index contributed by atoms with van der Waals surface area (Å²) in [4.78, 5) is 8.00. The molecule has 27 heavy (non-hydrogen) atoms. The zero-order chi connectivity index (χ0) is 20.8. The van der Waals surface area contributed by atoms with E-state index in [0.717, 1.165) is 22.3 Å². The predicted octanol–water partition coefficient (Wildman–Crippen LogP) is 5.23. The highest BCUT2D eigenvalue weighted by molar-refractivity contribution is 5.36. The van der Waals surface area contributed by atoms with E-state index in [2.05, 4.69) is 0 Å². The second-order valence-electron chi connectivity index (χ2n) is 5.79. The largest absolute Gasteiger partial charge is 0.508 e. The zero-order valence-electron chi connectivity index (χ0n) is 16.3. The number of hydrogen-bond acceptors (Lipinski definition) is 4. The molecule has 0 aliphatic carbocycles. The van der Waals surface area contributed by atoms with E-state index in [1.165, 1.54) is 0 Å². The second kappa shape index (κ2) is 13.0. The summed E-state index contributed by atoms with van der Waals surface area (Å²) in [6.07, 6.45) is 0. The van der Waals surface area contributed by atoms with Crippen LogP contribution in [0.15, 0.2) is 66.7 Å². The molecule has 3 aromatic carbocycles. The van der Waals surface area contributed by atoms with Gasteiger partial charge in [-0.1, -0.05) is 48.5 Å². The fourth-order valence-corrected chi connectivity index (χ4v) is 1.86. The standard InChI is InChI=1S/C8H10O.2C7H8O.CH2O/c1-6-4-3-5-8(9)7(6)2;2*1-6-4-2-3-5-7(6)8;1-2/h3-5,9H,1-2H3;2*2-5,8H,1H3;1H2. The molecule has 0 fully saturated rings. The van der Waals surface area contributed by atoms with Gasteiger partial charge in [-0.25, -0.2) is 0 Å². The van der Waals surface area contributed by atoms with Crippen molar-refractivity contribution in [3.8, 4) is 17.2 Å². The van der Waals surface area contributed by atoms with Gasteiger partial charge in [-0.2, -0.15) is 0 Å². The number of carbonyl (C=O) groups excluding carboxylic acids is 1. The van der Waals surface area contributed by atoms with E-state index < -0.39 is 0 Å². The van der Waals surface area contributed by atoms with Crippen molar-refractivity contribution in [1.29, 1.82) is 0 Å². The molecule has 0 heterocycles. The number of rotatable bonds is 0. The monoisotopic (exact) mass is 368 g/mol. The molecule has 0 saturated heterocycles. The molecule has 144 valence electrons. The van der Waals surface area contributed by atoms with Crippen molar-refractivity contribution in [3.63, 3.8) is 0 Å². The van der Waals surface area contributed by atoms with E-state index in [9.17, 15) is 0 Å². The average Bonchev–Trinajstić information content (AvgIpc) is 2.67. The van der Waals surface area contributed by atoms with Gasteiger partial charge in [0, 0.05) is 0 Å². The minimum Gasteiger partial charge on any atom is -0.508 e. The summed E-state index contributed by atoms with van der Waals surface area (Å²) in [7, 11) is 0. The van der Waals surface area contributed by atoms with Crippen molar-refractivity contribution < 1.29 is 20.1 Å². The van der Waals surface area contributed by atoms with Gasteiger partial charge < -0.3 is 20.1 Å². The molecule has 0 bridgehead atoms. The number of aryl methyl sites for hydroxylation is 3. The Bertz CT molecular complexity index is 707. The van der Waals surface area contributed by atoms with Gasteiger partial charge in [0.15, 0.2) is 0 Å². The number of phenolic OH excluding ortho intramolecular Hbond substituents is 3. The van der Waals surface area contributed by atoms with E-state index in [1.807, 2.05) is 83.0 Å². The van der Waals surface area contributed by atoms with Gasteiger partial charge in [0.25, 0.3) is 0 Å². The third kappa shape index (κ3) is 9.12. The summed E-state index contributed by atoms with van der Waals surface area (Å²) in [5, 5.41) is 26.9. The molecule has 0 amide bonds. The number of para-hydroxylation sites is 2. The van der Waals surface area contributed by atoms with Gasteiger partial charge in [0.2, 0.25) is 0 Å². The van der Waals surface area contributed by atoms with E-state index in [1.54, 1.807) is 18.2 Å². The smallest absolute Gasteiger partial charge is 0.118 e. The fraction of sp³-hybridized carbons (Fsp3) is 0.174. The van der Waals surface area contributed by atoms with Gasteiger partial charge in [-0.05, 0) is 68.1 Å². The highest BCUT2D eigenvalue weighted by Crippen LogP contribution is 2.17. The van der Waals surface area contributed by atoms with Crippen LogP contribution in [-0.2, 0) is 4.79 Å². The Morgan fingerprint density at radius 3 is 1.11 bits per heavy atom. The first-order chi connectivity index (χ1) is 12.8. The van der Waals surface area contributed by atoms with Gasteiger partial charge in [0.05, 0.1) is 0 Å². The molecular formula is C23H28O4. The van der Waals surface area contributed by atoms with Crippen molar-refractivity contribution in [2.24, 2.45) is 0 Å². The van der Waals surface area contributed by atoms with Gasteiger partial charge in [-0.15, -0.1) is 0 Å². The lowest BCUT2D eigenvalue weighted by molar-refractivity contribution is -0.0979. The lowest BCUT2D eigenvalue weighted by Gasteiger charge is -1.99. The highest BCUT2D eigenvalue weighted by atomic mass is 16.3. The summed E-state index contributed by atoms with van der Waals surface area (Å²) in [5.74, 6) is 1.12. The number of aromatic hydroxyl groups is 3. The summed E-state index contributed by atoms with van der Waals surface area (Å²) in [5.41, 5.74) is 3.95. The molecule has 0 atom stereocenters. The summed E-state index contributed by atoms with van der Waals surface area (Å²) < 4.78 is 0. The Hall–Kier alpha value is -3.27. The number of hydrogen-bond donors (Lipinski definition) is 3. The normalized spacial score (nSPS) is 8.74. The maximum atomic E-state index is 9.10. The van der Waals surface area contributed by atoms with Crippen molar-refractivity contribution in [3.05, 3.63) is 89.0 Å². The van der Waals surface area contributed by atoms with Crippen LogP contribution in [0.4, 0.5) is 0 Å². The highest BCUT2D eigenvalue weighted by Gasteiger charge is 1.94. The van der Waals surface area contributed by atoms with Crippen LogP contribution in [0, 0.1) is 27.7 Å². The van der Waals surface area contributed by atoms with Crippen LogP contribution >= 0.6 is 0 Å². The molecule has 0 saturated carbocycles. The third-order valence-electron chi connectivity index (χ3n) is 3.81. The molecule has 0 spiro atoms. The molecule has 0 aliphatic rings. The van der Waals surface area contributed by atoms with Crippen molar-refractivity contribution in [2.75, 3.05) is 0 Å². The van der Waals surface area contributed by atoms with Crippen LogP contribution < -0.4 is 0 Å². The Balaban J connectivity index is 0.000000359. The van der Waals surface area contributed by atoms with E-state index in [0.29, 0.717) is 17.2 Å². The molecule has 0 unspecified atom stereocenters. The molecule has 3 rings (SSSR count). The lowest BCUT2D eigenvalue weighted by atomic mass is 10.1. The van der Waals surface area contributed by atoms with Gasteiger partial charge >= 0.3 is 0 Å². The van der Waals surface area contributed by atoms with Crippen molar-refractivity contribution in [1.82, 2.24) is 0 Å². The maximum absolute atomic E-state index is 9.10. The first kappa shape index (κ1) is 23.7. The summed E-state index contributed by atoms with van der Waals surface area (Å²) in [6, 6.07) is 20.0. The Morgan fingerprint density at radius 2 is 0.852 bits per heavy atom. The molecule has 4 nitrogen and oxygen atoms in total. The van der Waals surface area contributed by atoms with Crippen LogP contribution in [0.25, 0.3) is 0 Å². The quantitative estimate of drug-likeness (QED) is 0.508. The molecule has 3 aromatic rings. The van der Waals surface area contributed by atoms with E-state index >= 15 is 0 Å². The molecule has 0 aliphatic heterocycles. The van der Waals surface area contributed by atoms with Crippen LogP contribution in [0.3, 0.4) is 0 Å². The minimum atomic E-state index is 0.368. The Morgan fingerprint density at radius 1 is 0.519 bits per heavy atom. The lowest BCUT2D eigenvalue weighted by Crippen LogP contribution is -1.78. The third-order valence-corrected chi connectivity index (χ3v) is 3.81. The Kier molecular flexibility index (Phi) is 11.4. The number of carbonyl (C=O) groups is 1. The molecule has 3 N–H and O–H groups in total. The molecule has 0 aromatic heterocycles. The Labute approximate surface area is 161 Å². The first-order valence-electron chi connectivity index (χ1n) is 8.36. The molecular weight excluding hydrogens is 340 g/mol. The van der Waals surface area contributed by atoms with Crippen LogP contribution in [0.5, 0.6) is 17.2 Å². The van der Waals surface area contributed by atoms with Crippen molar-refractivity contribution >= 4 is 6.79 Å². The SMILES string of the molecule is C=O.Cc1cccc(O)c1C.Cc1ccccc1O.Cc1ccccc1O. The second-order valence-corrected chi connectivity index (χ2v) is 5.79. The average molecular weight is 368 g/mol. The van der Waals surface area contributed by atoms with Crippen LogP contribution in [-0.4, -0.2) is 22.1 Å². The first-order valence-corrected chi connectivity index (χ1v) is 8.36. The predicted molar refractivity (Wildman–Crippen MR) is 110 cm³/mol. The topological polar surface area (TPSA) is 77.8 Å². The number of benzene rings is 3. The van der Waals surface area contributed by atoms with E-state index in [-0.39, 0.29) is 0 Å². The molecule has 0 radical (unpaired) electrons. The summed E-state index contributed by atoms with van der Waals surface area (Å²) >= 11 is 0. The zero-order valence-corrected chi connectivity index (χ0v) is 16.3. The van der Waals surface area contributed by atoms with Crippen LogP contribution in [0.1, 0.15) is 22.3 Å². The van der Waals surface area contributed by atoms with Gasteiger partial charge in [-0.3, -0.25) is 0 Å². The van der Waals surface area contributed by atoms with E-state index in [4.69, 9.17) is 20.1 Å². The molecule has 4 heteroatoms. The fourth-order valence-electron chi connectivity index (χ4n) is 1.86. The number of phenols is 3. The maximum Gasteiger partial charge on any atom is 0.118 e. The van der Waals surface area contributed by atoms with Crippen LogP contribution in [0.2, 0.25) is 0 Å².